The average Bonchev–Trinajstić information content (AvgIpc) is 2.89. The van der Waals surface area contributed by atoms with E-state index in [-0.39, 0.29) is 23.9 Å². The van der Waals surface area contributed by atoms with Crippen LogP contribution in [-0.4, -0.2) is 31.6 Å². The van der Waals surface area contributed by atoms with Crippen LogP contribution >= 0.6 is 0 Å². The van der Waals surface area contributed by atoms with Crippen molar-refractivity contribution in [2.75, 3.05) is 17.2 Å². The predicted octanol–water partition coefficient (Wildman–Crippen LogP) is 0.812. The summed E-state index contributed by atoms with van der Waals surface area (Å²) in [5, 5.41) is 20.2. The van der Waals surface area contributed by atoms with Crippen LogP contribution in [0.3, 0.4) is 0 Å². The van der Waals surface area contributed by atoms with Gasteiger partial charge in [-0.2, -0.15) is 4.98 Å². The van der Waals surface area contributed by atoms with E-state index in [1.165, 1.54) is 12.7 Å². The SMILES string of the molecule is CCNc1ncnc(NCc2ncon2)c1[N+](=O)[O-]. The summed E-state index contributed by atoms with van der Waals surface area (Å²) < 4.78 is 4.56. The molecule has 0 bridgehead atoms. The molecule has 10 heteroatoms. The fourth-order valence-electron chi connectivity index (χ4n) is 1.41. The first-order chi connectivity index (χ1) is 9.22. The molecular weight excluding hydrogens is 254 g/mol. The summed E-state index contributed by atoms with van der Waals surface area (Å²) in [6.45, 7) is 2.50. The zero-order chi connectivity index (χ0) is 13.7. The van der Waals surface area contributed by atoms with Crippen LogP contribution in [0.2, 0.25) is 0 Å². The lowest BCUT2D eigenvalue weighted by Gasteiger charge is -2.07. The minimum Gasteiger partial charge on any atom is -0.364 e. The van der Waals surface area contributed by atoms with Crippen LogP contribution in [0.4, 0.5) is 17.3 Å². The molecule has 0 aliphatic heterocycles. The Morgan fingerprint density at radius 1 is 1.32 bits per heavy atom. The average molecular weight is 265 g/mol. The Kier molecular flexibility index (Phi) is 3.81. The maximum absolute atomic E-state index is 11.1. The number of anilines is 2. The van der Waals surface area contributed by atoms with Crippen LogP contribution in [0.15, 0.2) is 17.2 Å². The molecule has 0 aliphatic rings. The molecule has 0 unspecified atom stereocenters. The monoisotopic (exact) mass is 265 g/mol. The van der Waals surface area contributed by atoms with E-state index in [2.05, 4.69) is 35.3 Å². The van der Waals surface area contributed by atoms with Gasteiger partial charge in [-0.05, 0) is 6.92 Å². The molecule has 2 aromatic rings. The van der Waals surface area contributed by atoms with E-state index in [1.54, 1.807) is 0 Å². The summed E-state index contributed by atoms with van der Waals surface area (Å²) >= 11 is 0. The van der Waals surface area contributed by atoms with Crippen LogP contribution < -0.4 is 10.6 Å². The third-order valence-corrected chi connectivity index (χ3v) is 2.17. The van der Waals surface area contributed by atoms with Crippen molar-refractivity contribution >= 4 is 17.3 Å². The van der Waals surface area contributed by atoms with Gasteiger partial charge < -0.3 is 15.2 Å². The molecule has 0 amide bonds. The van der Waals surface area contributed by atoms with Crippen LogP contribution in [0.1, 0.15) is 12.7 Å². The molecule has 0 radical (unpaired) electrons. The summed E-state index contributed by atoms with van der Waals surface area (Å²) in [6, 6.07) is 0. The van der Waals surface area contributed by atoms with Gasteiger partial charge in [0.1, 0.15) is 6.33 Å². The molecule has 0 aromatic carbocycles. The van der Waals surface area contributed by atoms with Gasteiger partial charge in [0.2, 0.25) is 18.0 Å². The van der Waals surface area contributed by atoms with Crippen LogP contribution in [0.25, 0.3) is 0 Å². The Balaban J connectivity index is 2.23. The molecule has 0 aliphatic carbocycles. The van der Waals surface area contributed by atoms with Gasteiger partial charge in [-0.3, -0.25) is 10.1 Å². The molecule has 2 rings (SSSR count). The lowest BCUT2D eigenvalue weighted by molar-refractivity contribution is -0.383. The molecule has 19 heavy (non-hydrogen) atoms. The lowest BCUT2D eigenvalue weighted by atomic mass is 10.4. The van der Waals surface area contributed by atoms with Crippen molar-refractivity contribution in [1.82, 2.24) is 20.1 Å². The number of rotatable bonds is 6. The largest absolute Gasteiger partial charge is 0.364 e. The second kappa shape index (κ2) is 5.71. The quantitative estimate of drug-likeness (QED) is 0.575. The highest BCUT2D eigenvalue weighted by Gasteiger charge is 2.22. The maximum atomic E-state index is 11.1. The molecule has 2 aromatic heterocycles. The van der Waals surface area contributed by atoms with Crippen molar-refractivity contribution in [3.05, 3.63) is 28.7 Å². The van der Waals surface area contributed by atoms with Crippen molar-refractivity contribution in [3.8, 4) is 0 Å². The zero-order valence-electron chi connectivity index (χ0n) is 10.0. The van der Waals surface area contributed by atoms with Crippen LogP contribution in [-0.2, 0) is 6.54 Å². The molecule has 0 spiro atoms. The topological polar surface area (TPSA) is 132 Å². The highest BCUT2D eigenvalue weighted by molar-refractivity contribution is 5.69. The summed E-state index contributed by atoms with van der Waals surface area (Å²) in [4.78, 5) is 22.0. The summed E-state index contributed by atoms with van der Waals surface area (Å²) in [6.07, 6.45) is 2.42. The zero-order valence-corrected chi connectivity index (χ0v) is 10.0. The molecule has 0 atom stereocenters. The predicted molar refractivity (Wildman–Crippen MR) is 64.5 cm³/mol. The van der Waals surface area contributed by atoms with E-state index >= 15 is 0 Å². The van der Waals surface area contributed by atoms with Gasteiger partial charge >= 0.3 is 5.69 Å². The minimum absolute atomic E-state index is 0.0979. The van der Waals surface area contributed by atoms with Crippen molar-refractivity contribution in [2.45, 2.75) is 13.5 Å². The maximum Gasteiger partial charge on any atom is 0.353 e. The number of nitro groups is 1. The summed E-state index contributed by atoms with van der Waals surface area (Å²) in [7, 11) is 0. The lowest BCUT2D eigenvalue weighted by Crippen LogP contribution is -2.10. The van der Waals surface area contributed by atoms with E-state index < -0.39 is 4.92 Å². The van der Waals surface area contributed by atoms with Gasteiger partial charge in [-0.15, -0.1) is 0 Å². The molecule has 2 heterocycles. The van der Waals surface area contributed by atoms with Gasteiger partial charge in [-0.25, -0.2) is 9.97 Å². The molecule has 0 saturated heterocycles. The number of hydrogen-bond donors (Lipinski definition) is 2. The normalized spacial score (nSPS) is 10.2. The van der Waals surface area contributed by atoms with Gasteiger partial charge in [0.25, 0.3) is 0 Å². The number of nitrogens with one attached hydrogen (secondary N) is 2. The van der Waals surface area contributed by atoms with Crippen molar-refractivity contribution in [1.29, 1.82) is 0 Å². The van der Waals surface area contributed by atoms with Gasteiger partial charge in [0, 0.05) is 6.54 Å². The minimum atomic E-state index is -0.545. The van der Waals surface area contributed by atoms with Crippen molar-refractivity contribution in [2.24, 2.45) is 0 Å². The van der Waals surface area contributed by atoms with E-state index in [0.717, 1.165) is 0 Å². The second-order valence-electron chi connectivity index (χ2n) is 3.41. The summed E-state index contributed by atoms with van der Waals surface area (Å²) in [5.41, 5.74) is -0.215. The fraction of sp³-hybridized carbons (Fsp3) is 0.333. The molecule has 0 saturated carbocycles. The molecular formula is C9H11N7O3. The number of aromatic nitrogens is 4. The Morgan fingerprint density at radius 2 is 2.05 bits per heavy atom. The highest BCUT2D eigenvalue weighted by atomic mass is 16.6. The summed E-state index contributed by atoms with van der Waals surface area (Å²) in [5.74, 6) is 0.636. The van der Waals surface area contributed by atoms with Gasteiger partial charge in [0.05, 0.1) is 11.5 Å². The van der Waals surface area contributed by atoms with Crippen LogP contribution in [0.5, 0.6) is 0 Å². The second-order valence-corrected chi connectivity index (χ2v) is 3.41. The molecule has 0 fully saturated rings. The van der Waals surface area contributed by atoms with Crippen molar-refractivity contribution < 1.29 is 9.45 Å². The van der Waals surface area contributed by atoms with E-state index in [9.17, 15) is 10.1 Å². The first-order valence-corrected chi connectivity index (χ1v) is 5.44. The number of hydrogen-bond acceptors (Lipinski definition) is 9. The van der Waals surface area contributed by atoms with E-state index in [0.29, 0.717) is 12.4 Å². The van der Waals surface area contributed by atoms with Crippen LogP contribution in [0, 0.1) is 10.1 Å². The Morgan fingerprint density at radius 3 is 2.63 bits per heavy atom. The van der Waals surface area contributed by atoms with E-state index in [1.807, 2.05) is 6.92 Å². The molecule has 2 N–H and O–H groups in total. The Labute approximate surface area is 107 Å². The highest BCUT2D eigenvalue weighted by Crippen LogP contribution is 2.28. The molecule has 100 valence electrons. The molecule has 10 nitrogen and oxygen atoms in total. The smallest absolute Gasteiger partial charge is 0.353 e. The van der Waals surface area contributed by atoms with Gasteiger partial charge in [0.15, 0.2) is 5.82 Å². The number of nitrogens with zero attached hydrogens (tertiary/aromatic N) is 5. The third kappa shape index (κ3) is 2.91. The Hall–Kier alpha value is -2.78. The van der Waals surface area contributed by atoms with Crippen molar-refractivity contribution in [3.63, 3.8) is 0 Å². The fourth-order valence-corrected chi connectivity index (χ4v) is 1.41. The van der Waals surface area contributed by atoms with Gasteiger partial charge in [-0.1, -0.05) is 5.16 Å². The van der Waals surface area contributed by atoms with E-state index in [4.69, 9.17) is 0 Å². The first kappa shape index (κ1) is 12.7. The first-order valence-electron chi connectivity index (χ1n) is 5.44. The Bertz CT molecular complexity index is 557. The standard InChI is InChI=1S/C9H11N7O3/c1-2-10-8-7(16(17)18)9(13-4-12-8)11-3-6-14-5-19-15-6/h4-5H,2-3H2,1H3,(H2,10,11,12,13). The third-order valence-electron chi connectivity index (χ3n) is 2.17.